The van der Waals surface area contributed by atoms with Crippen LogP contribution in [0.5, 0.6) is 0 Å². The Bertz CT molecular complexity index is 469. The summed E-state index contributed by atoms with van der Waals surface area (Å²) in [6.07, 6.45) is 5.95. The molecule has 6 nitrogen and oxygen atoms in total. The lowest BCUT2D eigenvalue weighted by molar-refractivity contribution is -0.116. The van der Waals surface area contributed by atoms with Crippen LogP contribution >= 0.6 is 0 Å². The normalized spacial score (nSPS) is 18.2. The van der Waals surface area contributed by atoms with Crippen LogP contribution in [0, 0.1) is 0 Å². The van der Waals surface area contributed by atoms with Crippen molar-refractivity contribution in [2.45, 2.75) is 31.8 Å². The lowest BCUT2D eigenvalue weighted by Crippen LogP contribution is -2.15. The molecule has 2 heterocycles. The summed E-state index contributed by atoms with van der Waals surface area (Å²) in [7, 11) is 0. The van der Waals surface area contributed by atoms with Gasteiger partial charge in [0.2, 0.25) is 5.91 Å². The van der Waals surface area contributed by atoms with E-state index in [0.29, 0.717) is 18.5 Å². The van der Waals surface area contributed by atoms with E-state index in [4.69, 9.17) is 9.84 Å². The average molecular weight is 264 g/mol. The van der Waals surface area contributed by atoms with E-state index in [0.717, 1.165) is 19.4 Å². The summed E-state index contributed by atoms with van der Waals surface area (Å²) in [5.74, 6) is -1.22. The molecule has 6 heteroatoms. The van der Waals surface area contributed by atoms with Crippen LogP contribution in [0.4, 0.5) is 5.69 Å². The number of carbonyl (C=O) groups excluding carboxylic acids is 1. The molecule has 2 N–H and O–H groups in total. The molecule has 1 aliphatic heterocycles. The maximum absolute atomic E-state index is 11.7. The van der Waals surface area contributed by atoms with Crippen LogP contribution in [-0.2, 0) is 9.53 Å². The lowest BCUT2D eigenvalue weighted by Gasteiger charge is -2.09. The van der Waals surface area contributed by atoms with Crippen LogP contribution in [0.15, 0.2) is 18.5 Å². The highest BCUT2D eigenvalue weighted by atomic mass is 16.5. The van der Waals surface area contributed by atoms with Gasteiger partial charge in [-0.25, -0.2) is 4.79 Å². The molecule has 1 atom stereocenters. The van der Waals surface area contributed by atoms with E-state index in [1.54, 1.807) is 0 Å². The molecule has 1 amide bonds. The fourth-order valence-electron chi connectivity index (χ4n) is 2.01. The zero-order valence-electron chi connectivity index (χ0n) is 10.5. The summed E-state index contributed by atoms with van der Waals surface area (Å²) in [5, 5.41) is 11.5. The van der Waals surface area contributed by atoms with E-state index < -0.39 is 5.97 Å². The molecule has 0 aliphatic carbocycles. The van der Waals surface area contributed by atoms with Crippen LogP contribution in [-0.4, -0.2) is 34.7 Å². The Morgan fingerprint density at radius 2 is 2.32 bits per heavy atom. The lowest BCUT2D eigenvalue weighted by atomic mass is 10.1. The molecule has 1 fully saturated rings. The number of aromatic carboxylic acids is 1. The van der Waals surface area contributed by atoms with Gasteiger partial charge in [-0.15, -0.1) is 0 Å². The molecule has 0 bridgehead atoms. The van der Waals surface area contributed by atoms with E-state index in [2.05, 4.69) is 10.3 Å². The van der Waals surface area contributed by atoms with E-state index >= 15 is 0 Å². The standard InChI is InChI=1S/C13H16N2O4/c16-12(4-3-11-2-1-5-19-11)15-10-6-9(13(17)18)7-14-8-10/h6-8,11H,1-5H2,(H,15,16)(H,17,18). The molecular weight excluding hydrogens is 248 g/mol. The largest absolute Gasteiger partial charge is 0.478 e. The summed E-state index contributed by atoms with van der Waals surface area (Å²) in [6.45, 7) is 0.775. The first kappa shape index (κ1) is 13.5. The SMILES string of the molecule is O=C(CCC1CCCO1)Nc1cncc(C(=O)O)c1. The van der Waals surface area contributed by atoms with E-state index in [-0.39, 0.29) is 17.6 Å². The molecule has 0 radical (unpaired) electrons. The Balaban J connectivity index is 1.84. The Morgan fingerprint density at radius 1 is 1.47 bits per heavy atom. The van der Waals surface area contributed by atoms with Crippen LogP contribution in [0.1, 0.15) is 36.0 Å². The molecule has 1 aromatic heterocycles. The quantitative estimate of drug-likeness (QED) is 0.844. The molecule has 1 saturated heterocycles. The third kappa shape index (κ3) is 4.03. The number of amides is 1. The zero-order valence-corrected chi connectivity index (χ0v) is 10.5. The number of aromatic nitrogens is 1. The van der Waals surface area contributed by atoms with Crippen molar-refractivity contribution in [1.29, 1.82) is 0 Å². The summed E-state index contributed by atoms with van der Waals surface area (Å²) < 4.78 is 5.43. The number of anilines is 1. The van der Waals surface area contributed by atoms with E-state index in [1.807, 2.05) is 0 Å². The number of nitrogens with one attached hydrogen (secondary N) is 1. The van der Waals surface area contributed by atoms with Gasteiger partial charge < -0.3 is 15.2 Å². The van der Waals surface area contributed by atoms with Gasteiger partial charge in [0.25, 0.3) is 0 Å². The van der Waals surface area contributed by atoms with Crippen molar-refractivity contribution < 1.29 is 19.4 Å². The minimum atomic E-state index is -1.07. The van der Waals surface area contributed by atoms with Gasteiger partial charge in [-0.05, 0) is 25.3 Å². The van der Waals surface area contributed by atoms with Crippen molar-refractivity contribution in [2.75, 3.05) is 11.9 Å². The van der Waals surface area contributed by atoms with Crippen molar-refractivity contribution in [3.05, 3.63) is 24.0 Å². The number of carboxylic acids is 1. The highest BCUT2D eigenvalue weighted by molar-refractivity contribution is 5.93. The van der Waals surface area contributed by atoms with Crippen molar-refractivity contribution in [3.63, 3.8) is 0 Å². The first-order chi connectivity index (χ1) is 9.15. The second-order valence-electron chi connectivity index (χ2n) is 4.49. The highest BCUT2D eigenvalue weighted by Crippen LogP contribution is 2.17. The van der Waals surface area contributed by atoms with Gasteiger partial charge in [0.15, 0.2) is 0 Å². The van der Waals surface area contributed by atoms with Gasteiger partial charge in [0.05, 0.1) is 23.6 Å². The minimum absolute atomic E-state index is 0.0527. The number of carboxylic acid groups (broad SMARTS) is 1. The van der Waals surface area contributed by atoms with Crippen LogP contribution in [0.25, 0.3) is 0 Å². The maximum Gasteiger partial charge on any atom is 0.337 e. The fourth-order valence-corrected chi connectivity index (χ4v) is 2.01. The van der Waals surface area contributed by atoms with Crippen molar-refractivity contribution in [2.24, 2.45) is 0 Å². The Kier molecular flexibility index (Phi) is 4.46. The Morgan fingerprint density at radius 3 is 3.00 bits per heavy atom. The molecule has 102 valence electrons. The number of pyridine rings is 1. The zero-order chi connectivity index (χ0) is 13.7. The molecule has 19 heavy (non-hydrogen) atoms. The van der Waals surface area contributed by atoms with Crippen LogP contribution in [0.2, 0.25) is 0 Å². The summed E-state index contributed by atoms with van der Waals surface area (Å²) in [5.41, 5.74) is 0.453. The smallest absolute Gasteiger partial charge is 0.337 e. The van der Waals surface area contributed by atoms with Crippen molar-refractivity contribution in [1.82, 2.24) is 4.98 Å². The molecule has 1 aromatic rings. The van der Waals surface area contributed by atoms with Gasteiger partial charge in [-0.1, -0.05) is 0 Å². The van der Waals surface area contributed by atoms with Crippen LogP contribution in [0.3, 0.4) is 0 Å². The number of hydrogen-bond donors (Lipinski definition) is 2. The number of hydrogen-bond acceptors (Lipinski definition) is 4. The van der Waals surface area contributed by atoms with Crippen molar-refractivity contribution in [3.8, 4) is 0 Å². The number of carbonyl (C=O) groups is 2. The number of nitrogens with zero attached hydrogens (tertiary/aromatic N) is 1. The number of rotatable bonds is 5. The van der Waals surface area contributed by atoms with E-state index in [1.165, 1.54) is 18.5 Å². The summed E-state index contributed by atoms with van der Waals surface area (Å²) >= 11 is 0. The monoisotopic (exact) mass is 264 g/mol. The van der Waals surface area contributed by atoms with Gasteiger partial charge in [0.1, 0.15) is 0 Å². The maximum atomic E-state index is 11.7. The third-order valence-electron chi connectivity index (χ3n) is 2.99. The topological polar surface area (TPSA) is 88.5 Å². The minimum Gasteiger partial charge on any atom is -0.478 e. The van der Waals surface area contributed by atoms with Crippen LogP contribution < -0.4 is 5.32 Å². The highest BCUT2D eigenvalue weighted by Gasteiger charge is 2.16. The third-order valence-corrected chi connectivity index (χ3v) is 2.99. The second-order valence-corrected chi connectivity index (χ2v) is 4.49. The molecule has 1 aliphatic rings. The molecule has 0 aromatic carbocycles. The fraction of sp³-hybridized carbons (Fsp3) is 0.462. The Labute approximate surface area is 110 Å². The molecule has 2 rings (SSSR count). The summed E-state index contributed by atoms with van der Waals surface area (Å²) in [4.78, 5) is 26.3. The van der Waals surface area contributed by atoms with Gasteiger partial charge in [-0.3, -0.25) is 9.78 Å². The van der Waals surface area contributed by atoms with Gasteiger partial charge >= 0.3 is 5.97 Å². The first-order valence-corrected chi connectivity index (χ1v) is 6.25. The first-order valence-electron chi connectivity index (χ1n) is 6.25. The average Bonchev–Trinajstić information content (AvgIpc) is 2.90. The predicted octanol–water partition coefficient (Wildman–Crippen LogP) is 1.68. The van der Waals surface area contributed by atoms with E-state index in [9.17, 15) is 9.59 Å². The van der Waals surface area contributed by atoms with Crippen molar-refractivity contribution >= 4 is 17.6 Å². The molecule has 0 saturated carbocycles. The Hall–Kier alpha value is -1.95. The predicted molar refractivity (Wildman–Crippen MR) is 68.0 cm³/mol. The second kappa shape index (κ2) is 6.29. The number of ether oxygens (including phenoxy) is 1. The molecular formula is C13H16N2O4. The molecule has 0 spiro atoms. The van der Waals surface area contributed by atoms with Gasteiger partial charge in [0, 0.05) is 19.2 Å². The van der Waals surface area contributed by atoms with Gasteiger partial charge in [-0.2, -0.15) is 0 Å². The summed E-state index contributed by atoms with van der Waals surface area (Å²) in [6, 6.07) is 1.39. The molecule has 1 unspecified atom stereocenters.